The molecule has 0 bridgehead atoms. The van der Waals surface area contributed by atoms with Gasteiger partial charge in [0.1, 0.15) is 5.76 Å². The fraction of sp³-hybridized carbons (Fsp3) is 0.333. The van der Waals surface area contributed by atoms with Crippen LogP contribution in [0.4, 0.5) is 0 Å². The topological polar surface area (TPSA) is 32.3 Å². The van der Waals surface area contributed by atoms with E-state index in [9.17, 15) is 5.11 Å². The Labute approximate surface area is 66.9 Å². The van der Waals surface area contributed by atoms with Gasteiger partial charge in [0.05, 0.1) is 0 Å². The summed E-state index contributed by atoms with van der Waals surface area (Å²) in [6.45, 7) is 1.90. The molecule has 0 aromatic carbocycles. The molecule has 2 heteroatoms. The molecule has 2 nitrogen and oxygen atoms in total. The van der Waals surface area contributed by atoms with Crippen LogP contribution >= 0.6 is 0 Å². The predicted molar refractivity (Wildman–Crippen MR) is 46.2 cm³/mol. The first-order valence-electron chi connectivity index (χ1n) is 3.67. The molecule has 0 aromatic heterocycles. The first kappa shape index (κ1) is 7.92. The minimum absolute atomic E-state index is 0.444. The van der Waals surface area contributed by atoms with E-state index in [0.29, 0.717) is 12.2 Å². The second kappa shape index (κ2) is 3.28. The lowest BCUT2D eigenvalue weighted by atomic mass is 10.2. The Kier molecular flexibility index (Phi) is 2.36. The second-order valence-corrected chi connectivity index (χ2v) is 2.61. The number of rotatable bonds is 1. The standard InChI is InChI=1S/C9H13NO/c1-7-4-3-5-8(10-2)6-9(7)11/h3-5,10-11H,6H2,1-2H3. The Bertz CT molecular complexity index is 236. The Morgan fingerprint density at radius 1 is 1.55 bits per heavy atom. The van der Waals surface area contributed by atoms with Crippen LogP contribution in [-0.2, 0) is 0 Å². The third kappa shape index (κ3) is 1.87. The van der Waals surface area contributed by atoms with Gasteiger partial charge < -0.3 is 10.4 Å². The SMILES string of the molecule is CNC1=CC=CC(C)=C(O)C1. The van der Waals surface area contributed by atoms with E-state index >= 15 is 0 Å². The van der Waals surface area contributed by atoms with Crippen LogP contribution in [0.5, 0.6) is 0 Å². The average Bonchev–Trinajstić information content (AvgIpc) is 2.15. The molecular formula is C9H13NO. The average molecular weight is 151 g/mol. The van der Waals surface area contributed by atoms with Gasteiger partial charge in [-0.1, -0.05) is 12.2 Å². The first-order chi connectivity index (χ1) is 5.24. The first-order valence-corrected chi connectivity index (χ1v) is 3.67. The van der Waals surface area contributed by atoms with Gasteiger partial charge in [-0.05, 0) is 18.6 Å². The van der Waals surface area contributed by atoms with Gasteiger partial charge in [0.2, 0.25) is 0 Å². The number of aliphatic hydroxyl groups excluding tert-OH is 1. The van der Waals surface area contributed by atoms with Crippen molar-refractivity contribution >= 4 is 0 Å². The van der Waals surface area contributed by atoms with E-state index < -0.39 is 0 Å². The zero-order chi connectivity index (χ0) is 8.27. The second-order valence-electron chi connectivity index (χ2n) is 2.61. The Morgan fingerprint density at radius 2 is 2.27 bits per heavy atom. The van der Waals surface area contributed by atoms with Gasteiger partial charge in [-0.2, -0.15) is 0 Å². The molecule has 0 aromatic rings. The van der Waals surface area contributed by atoms with Crippen molar-refractivity contribution < 1.29 is 5.11 Å². The zero-order valence-electron chi connectivity index (χ0n) is 6.89. The molecule has 0 amide bonds. The van der Waals surface area contributed by atoms with Crippen molar-refractivity contribution in [2.24, 2.45) is 0 Å². The number of hydrogen-bond acceptors (Lipinski definition) is 2. The fourth-order valence-electron chi connectivity index (χ4n) is 0.955. The summed E-state index contributed by atoms with van der Waals surface area (Å²) in [4.78, 5) is 0. The molecule has 0 saturated carbocycles. The van der Waals surface area contributed by atoms with Gasteiger partial charge in [0.15, 0.2) is 0 Å². The Balaban J connectivity index is 2.84. The minimum atomic E-state index is 0.444. The van der Waals surface area contributed by atoms with Gasteiger partial charge in [-0.15, -0.1) is 0 Å². The molecule has 0 saturated heterocycles. The summed E-state index contributed by atoms with van der Waals surface area (Å²) in [5.41, 5.74) is 1.97. The van der Waals surface area contributed by atoms with Crippen molar-refractivity contribution in [1.82, 2.24) is 5.32 Å². The molecule has 0 aliphatic heterocycles. The summed E-state index contributed by atoms with van der Waals surface area (Å²) in [7, 11) is 1.85. The van der Waals surface area contributed by atoms with Gasteiger partial charge in [-0.3, -0.25) is 0 Å². The normalized spacial score (nSPS) is 17.8. The molecule has 2 N–H and O–H groups in total. The smallest absolute Gasteiger partial charge is 0.101 e. The van der Waals surface area contributed by atoms with Crippen LogP contribution in [0.25, 0.3) is 0 Å². The van der Waals surface area contributed by atoms with Gasteiger partial charge in [0.25, 0.3) is 0 Å². The number of hydrogen-bond donors (Lipinski definition) is 2. The van der Waals surface area contributed by atoms with Crippen LogP contribution in [0.2, 0.25) is 0 Å². The number of aliphatic hydroxyl groups is 1. The Hall–Kier alpha value is -1.18. The maximum Gasteiger partial charge on any atom is 0.101 e. The molecule has 1 aliphatic carbocycles. The number of allylic oxidation sites excluding steroid dienone is 4. The van der Waals surface area contributed by atoms with Gasteiger partial charge in [0, 0.05) is 19.2 Å². The van der Waals surface area contributed by atoms with Crippen molar-refractivity contribution in [3.63, 3.8) is 0 Å². The molecule has 0 unspecified atom stereocenters. The summed E-state index contributed by atoms with van der Waals surface area (Å²) >= 11 is 0. The summed E-state index contributed by atoms with van der Waals surface area (Å²) in [5.74, 6) is 0.444. The molecule has 11 heavy (non-hydrogen) atoms. The van der Waals surface area contributed by atoms with Crippen LogP contribution in [-0.4, -0.2) is 12.2 Å². The maximum absolute atomic E-state index is 9.41. The van der Waals surface area contributed by atoms with E-state index in [2.05, 4.69) is 5.32 Å². The maximum atomic E-state index is 9.41. The number of nitrogens with one attached hydrogen (secondary N) is 1. The molecule has 1 aliphatic rings. The van der Waals surface area contributed by atoms with Crippen LogP contribution < -0.4 is 5.32 Å². The molecule has 0 spiro atoms. The van der Waals surface area contributed by atoms with Crippen molar-refractivity contribution in [1.29, 1.82) is 0 Å². The van der Waals surface area contributed by atoms with Gasteiger partial charge in [-0.25, -0.2) is 0 Å². The van der Waals surface area contributed by atoms with E-state index in [1.54, 1.807) is 0 Å². The highest BCUT2D eigenvalue weighted by Crippen LogP contribution is 2.14. The predicted octanol–water partition coefficient (Wildman–Crippen LogP) is 1.88. The van der Waals surface area contributed by atoms with Gasteiger partial charge >= 0.3 is 0 Å². The van der Waals surface area contributed by atoms with E-state index in [4.69, 9.17) is 0 Å². The van der Waals surface area contributed by atoms with Crippen molar-refractivity contribution in [2.45, 2.75) is 13.3 Å². The molecule has 0 radical (unpaired) electrons. The molecule has 0 heterocycles. The summed E-state index contributed by atoms with van der Waals surface area (Å²) in [5, 5.41) is 12.4. The van der Waals surface area contributed by atoms with Crippen LogP contribution in [0.1, 0.15) is 13.3 Å². The Morgan fingerprint density at radius 3 is 2.91 bits per heavy atom. The minimum Gasteiger partial charge on any atom is -0.512 e. The van der Waals surface area contributed by atoms with Crippen LogP contribution in [0.15, 0.2) is 35.3 Å². The third-order valence-electron chi connectivity index (χ3n) is 1.78. The quantitative estimate of drug-likeness (QED) is 0.599. The molecule has 60 valence electrons. The van der Waals surface area contributed by atoms with Crippen LogP contribution in [0.3, 0.4) is 0 Å². The zero-order valence-corrected chi connectivity index (χ0v) is 6.89. The van der Waals surface area contributed by atoms with E-state index in [0.717, 1.165) is 11.3 Å². The molecule has 1 rings (SSSR count). The third-order valence-corrected chi connectivity index (χ3v) is 1.78. The molecule has 0 atom stereocenters. The van der Waals surface area contributed by atoms with Crippen LogP contribution in [0, 0.1) is 0 Å². The lowest BCUT2D eigenvalue weighted by Crippen LogP contribution is -2.06. The van der Waals surface area contributed by atoms with Crippen molar-refractivity contribution in [3.05, 3.63) is 35.3 Å². The summed E-state index contributed by atoms with van der Waals surface area (Å²) < 4.78 is 0. The van der Waals surface area contributed by atoms with Crippen molar-refractivity contribution in [2.75, 3.05) is 7.05 Å². The highest BCUT2D eigenvalue weighted by molar-refractivity contribution is 5.30. The van der Waals surface area contributed by atoms with E-state index in [1.165, 1.54) is 0 Å². The van der Waals surface area contributed by atoms with E-state index in [-0.39, 0.29) is 0 Å². The highest BCUT2D eigenvalue weighted by atomic mass is 16.3. The highest BCUT2D eigenvalue weighted by Gasteiger charge is 2.03. The lowest BCUT2D eigenvalue weighted by Gasteiger charge is -2.04. The lowest BCUT2D eigenvalue weighted by molar-refractivity contribution is 0.391. The summed E-state index contributed by atoms with van der Waals surface area (Å²) in [6, 6.07) is 0. The molecular weight excluding hydrogens is 138 g/mol. The summed E-state index contributed by atoms with van der Waals surface area (Å²) in [6.07, 6.45) is 6.41. The monoisotopic (exact) mass is 151 g/mol. The molecule has 0 fully saturated rings. The largest absolute Gasteiger partial charge is 0.512 e. The van der Waals surface area contributed by atoms with Crippen molar-refractivity contribution in [3.8, 4) is 0 Å². The fourth-order valence-corrected chi connectivity index (χ4v) is 0.955. The van der Waals surface area contributed by atoms with E-state index in [1.807, 2.05) is 32.2 Å².